The molecule has 1 saturated carbocycles. The number of hydrogen-bond acceptors (Lipinski definition) is 3. The van der Waals surface area contributed by atoms with Crippen LogP contribution < -0.4 is 4.74 Å². The summed E-state index contributed by atoms with van der Waals surface area (Å²) in [6, 6.07) is 9.72. The smallest absolute Gasteiger partial charge is 0.119 e. The van der Waals surface area contributed by atoms with Gasteiger partial charge in [-0.2, -0.15) is 0 Å². The van der Waals surface area contributed by atoms with E-state index in [0.717, 1.165) is 42.6 Å². The van der Waals surface area contributed by atoms with Gasteiger partial charge in [0.05, 0.1) is 6.61 Å². The van der Waals surface area contributed by atoms with Crippen LogP contribution in [0.2, 0.25) is 0 Å². The molecule has 0 radical (unpaired) electrons. The van der Waals surface area contributed by atoms with Crippen LogP contribution in [0, 0.1) is 11.8 Å². The molecular formula is C24H40N2O. The second kappa shape index (κ2) is 9.93. The molecule has 3 nitrogen and oxygen atoms in total. The van der Waals surface area contributed by atoms with Crippen LogP contribution in [0.4, 0.5) is 0 Å². The minimum Gasteiger partial charge on any atom is -0.494 e. The normalized spacial score (nSPS) is 29.8. The van der Waals surface area contributed by atoms with Crippen LogP contribution >= 0.6 is 0 Å². The average Bonchev–Trinajstić information content (AvgIpc) is 2.65. The minimum atomic E-state index is 0.735. The van der Waals surface area contributed by atoms with Crippen molar-refractivity contribution in [2.45, 2.75) is 64.3 Å². The molecule has 1 aliphatic heterocycles. The van der Waals surface area contributed by atoms with Crippen LogP contribution in [0.1, 0.15) is 63.9 Å². The number of ether oxygens (including phenoxy) is 1. The fraction of sp³-hybridized carbons (Fsp3) is 0.750. The lowest BCUT2D eigenvalue weighted by Crippen LogP contribution is -2.39. The van der Waals surface area contributed by atoms with Crippen LogP contribution in [-0.4, -0.2) is 56.2 Å². The van der Waals surface area contributed by atoms with Crippen LogP contribution in [-0.2, 0) is 0 Å². The third-order valence-corrected chi connectivity index (χ3v) is 6.61. The van der Waals surface area contributed by atoms with Gasteiger partial charge >= 0.3 is 0 Å². The zero-order chi connectivity index (χ0) is 19.2. The summed E-state index contributed by atoms with van der Waals surface area (Å²) < 4.78 is 6.01. The molecule has 0 spiro atoms. The molecule has 2 aliphatic rings. The van der Waals surface area contributed by atoms with E-state index in [1.165, 1.54) is 57.3 Å². The maximum Gasteiger partial charge on any atom is 0.119 e. The van der Waals surface area contributed by atoms with Gasteiger partial charge in [-0.3, -0.25) is 0 Å². The number of piperidine rings is 1. The predicted octanol–water partition coefficient (Wildman–Crippen LogP) is 5.02. The standard InChI is InChI=1S/C24H40N2O/c1-19-16-20(2)18-26(17-19)14-5-15-27-24-12-8-22(9-13-24)21-6-10-23(11-7-21)25(3)4/h8-9,12-13,19-21,23H,5-7,10-11,14-18H2,1-4H3/t19-,20-,21-,23-/m0/s1. The SMILES string of the molecule is C[C@H]1C[C@H](C)CN(CCCOc2ccc([C@H]3CC[C@H](N(C)C)CC3)cc2)C1. The van der Waals surface area contributed by atoms with Gasteiger partial charge in [0.1, 0.15) is 5.75 Å². The molecule has 1 aromatic rings. The summed E-state index contributed by atoms with van der Waals surface area (Å²) in [5, 5.41) is 0. The van der Waals surface area contributed by atoms with Crippen molar-refractivity contribution >= 4 is 0 Å². The highest BCUT2D eigenvalue weighted by Crippen LogP contribution is 2.34. The molecule has 1 aromatic carbocycles. The molecular weight excluding hydrogens is 332 g/mol. The Morgan fingerprint density at radius 2 is 1.59 bits per heavy atom. The van der Waals surface area contributed by atoms with Gasteiger partial charge in [0, 0.05) is 25.7 Å². The molecule has 1 saturated heterocycles. The highest BCUT2D eigenvalue weighted by molar-refractivity contribution is 5.29. The third kappa shape index (κ3) is 6.22. The fourth-order valence-electron chi connectivity index (χ4n) is 5.21. The lowest BCUT2D eigenvalue weighted by molar-refractivity contribution is 0.132. The van der Waals surface area contributed by atoms with E-state index in [-0.39, 0.29) is 0 Å². The molecule has 0 N–H and O–H groups in total. The molecule has 0 unspecified atom stereocenters. The first kappa shape index (κ1) is 20.7. The second-order valence-electron chi connectivity index (χ2n) is 9.45. The third-order valence-electron chi connectivity index (χ3n) is 6.61. The van der Waals surface area contributed by atoms with Crippen LogP contribution in [0.15, 0.2) is 24.3 Å². The van der Waals surface area contributed by atoms with Gasteiger partial charge in [0.15, 0.2) is 0 Å². The van der Waals surface area contributed by atoms with Gasteiger partial charge in [-0.25, -0.2) is 0 Å². The molecule has 3 rings (SSSR count). The molecule has 1 heterocycles. The Kier molecular flexibility index (Phi) is 7.60. The largest absolute Gasteiger partial charge is 0.494 e. The zero-order valence-electron chi connectivity index (χ0n) is 18.0. The van der Waals surface area contributed by atoms with E-state index in [1.54, 1.807) is 0 Å². The molecule has 3 heteroatoms. The van der Waals surface area contributed by atoms with Gasteiger partial charge in [0.25, 0.3) is 0 Å². The Balaban J connectivity index is 1.37. The summed E-state index contributed by atoms with van der Waals surface area (Å²) >= 11 is 0. The van der Waals surface area contributed by atoms with Crippen molar-refractivity contribution in [3.63, 3.8) is 0 Å². The van der Waals surface area contributed by atoms with E-state index in [9.17, 15) is 0 Å². The van der Waals surface area contributed by atoms with Crippen LogP contribution in [0.25, 0.3) is 0 Å². The molecule has 0 bridgehead atoms. The van der Waals surface area contributed by atoms with Gasteiger partial charge in [0.2, 0.25) is 0 Å². The topological polar surface area (TPSA) is 15.7 Å². The molecule has 2 atom stereocenters. The summed E-state index contributed by atoms with van der Waals surface area (Å²) in [6.45, 7) is 9.28. The van der Waals surface area contributed by atoms with Crippen molar-refractivity contribution in [3.05, 3.63) is 29.8 Å². The van der Waals surface area contributed by atoms with Crippen molar-refractivity contribution in [1.29, 1.82) is 0 Å². The number of hydrogen-bond donors (Lipinski definition) is 0. The summed E-state index contributed by atoms with van der Waals surface area (Å²) in [5.74, 6) is 3.45. The molecule has 1 aliphatic carbocycles. The van der Waals surface area contributed by atoms with Crippen molar-refractivity contribution in [2.24, 2.45) is 11.8 Å². The highest BCUT2D eigenvalue weighted by atomic mass is 16.5. The maximum atomic E-state index is 6.01. The van der Waals surface area contributed by atoms with Crippen LogP contribution in [0.5, 0.6) is 5.75 Å². The van der Waals surface area contributed by atoms with E-state index in [4.69, 9.17) is 4.74 Å². The molecule has 0 aromatic heterocycles. The van der Waals surface area contributed by atoms with Gasteiger partial charge in [-0.15, -0.1) is 0 Å². The summed E-state index contributed by atoms with van der Waals surface area (Å²) in [4.78, 5) is 5.01. The first-order chi connectivity index (χ1) is 13.0. The summed E-state index contributed by atoms with van der Waals surface area (Å²) in [7, 11) is 4.42. The maximum absolute atomic E-state index is 6.01. The Labute approximate surface area is 167 Å². The van der Waals surface area contributed by atoms with Crippen LogP contribution in [0.3, 0.4) is 0 Å². The lowest BCUT2D eigenvalue weighted by atomic mass is 9.81. The fourth-order valence-corrected chi connectivity index (χ4v) is 5.21. The Morgan fingerprint density at radius 3 is 2.19 bits per heavy atom. The number of benzene rings is 1. The lowest BCUT2D eigenvalue weighted by Gasteiger charge is -2.34. The first-order valence-electron chi connectivity index (χ1n) is 11.1. The van der Waals surface area contributed by atoms with E-state index in [2.05, 4.69) is 62.0 Å². The van der Waals surface area contributed by atoms with Gasteiger partial charge < -0.3 is 14.5 Å². The Bertz CT molecular complexity index is 538. The monoisotopic (exact) mass is 372 g/mol. The Hall–Kier alpha value is -1.06. The quantitative estimate of drug-likeness (QED) is 0.625. The van der Waals surface area contributed by atoms with Crippen molar-refractivity contribution < 1.29 is 4.74 Å². The highest BCUT2D eigenvalue weighted by Gasteiger charge is 2.23. The molecule has 152 valence electrons. The number of likely N-dealkylation sites (tertiary alicyclic amines) is 1. The minimum absolute atomic E-state index is 0.735. The second-order valence-corrected chi connectivity index (χ2v) is 9.45. The molecule has 27 heavy (non-hydrogen) atoms. The van der Waals surface area contributed by atoms with Crippen molar-refractivity contribution in [1.82, 2.24) is 9.80 Å². The number of rotatable bonds is 7. The van der Waals surface area contributed by atoms with E-state index >= 15 is 0 Å². The van der Waals surface area contributed by atoms with Crippen molar-refractivity contribution in [3.8, 4) is 5.75 Å². The average molecular weight is 373 g/mol. The zero-order valence-corrected chi connectivity index (χ0v) is 18.0. The molecule has 2 fully saturated rings. The molecule has 0 amide bonds. The van der Waals surface area contributed by atoms with Gasteiger partial charge in [-0.05, 0) is 88.1 Å². The summed E-state index contributed by atoms with van der Waals surface area (Å²) in [5.41, 5.74) is 1.50. The first-order valence-corrected chi connectivity index (χ1v) is 11.1. The number of nitrogens with zero attached hydrogens (tertiary/aromatic N) is 2. The van der Waals surface area contributed by atoms with Gasteiger partial charge in [-0.1, -0.05) is 26.0 Å². The van der Waals surface area contributed by atoms with Crippen molar-refractivity contribution in [2.75, 3.05) is 40.3 Å². The Morgan fingerprint density at radius 1 is 0.963 bits per heavy atom. The van der Waals surface area contributed by atoms with E-state index < -0.39 is 0 Å². The summed E-state index contributed by atoms with van der Waals surface area (Å²) in [6.07, 6.45) is 7.78. The van der Waals surface area contributed by atoms with E-state index in [0.29, 0.717) is 0 Å². The van der Waals surface area contributed by atoms with E-state index in [1.807, 2.05) is 0 Å². The predicted molar refractivity (Wildman–Crippen MR) is 115 cm³/mol.